The molecule has 0 unspecified atom stereocenters. The Morgan fingerprint density at radius 3 is 0.759 bits per heavy atom. The van der Waals surface area contributed by atoms with Gasteiger partial charge in [0.1, 0.15) is 6.10 Å². The molecule has 0 aromatic carbocycles. The van der Waals surface area contributed by atoms with Crippen molar-refractivity contribution in [2.24, 2.45) is 86.3 Å². The lowest BCUT2D eigenvalue weighted by Crippen LogP contribution is -2.44. The maximum absolute atomic E-state index is 11.2. The maximum atomic E-state index is 11.2. The third-order valence-corrected chi connectivity index (χ3v) is 23.9. The zero-order valence-electron chi connectivity index (χ0n) is 55.8. The molecule has 83 heavy (non-hydrogen) atoms. The highest BCUT2D eigenvalue weighted by atomic mass is 16.5. The fourth-order valence-corrected chi connectivity index (χ4v) is 17.0. The van der Waals surface area contributed by atoms with Crippen molar-refractivity contribution >= 4 is 5.97 Å². The van der Waals surface area contributed by atoms with E-state index in [1.54, 1.807) is 0 Å². The van der Waals surface area contributed by atoms with Crippen LogP contribution in [0.2, 0.25) is 0 Å². The summed E-state index contributed by atoms with van der Waals surface area (Å²) < 4.78 is 5.44. The normalized spacial score (nSPS) is 40.1. The van der Waals surface area contributed by atoms with Crippen molar-refractivity contribution in [2.75, 3.05) is 0 Å². The molecule has 0 radical (unpaired) electrons. The van der Waals surface area contributed by atoms with Crippen LogP contribution in [-0.4, -0.2) is 56.9 Å². The van der Waals surface area contributed by atoms with Crippen molar-refractivity contribution < 1.29 is 30.0 Å². The van der Waals surface area contributed by atoms with Gasteiger partial charge in [0.25, 0.3) is 0 Å². The zero-order valence-corrected chi connectivity index (χ0v) is 55.8. The van der Waals surface area contributed by atoms with Gasteiger partial charge in [-0.05, 0) is 277 Å². The van der Waals surface area contributed by atoms with Crippen LogP contribution in [0, 0.1) is 86.3 Å². The molecule has 4 N–H and O–H groups in total. The molecule has 10 aliphatic rings. The number of aliphatic hydroxyl groups excluding tert-OH is 4. The fraction of sp³-hybridized carbons (Fsp3) is 0.727. The molecule has 5 saturated carbocycles. The molecular formula is C77H122O6. The topological polar surface area (TPSA) is 107 Å². The average molecular weight is 1140 g/mol. The molecule has 15 atom stereocenters. The van der Waals surface area contributed by atoms with Crippen molar-refractivity contribution in [3.05, 3.63) is 119 Å². The average Bonchev–Trinajstić information content (AvgIpc) is 3.85. The van der Waals surface area contributed by atoms with Gasteiger partial charge in [0, 0.05) is 6.92 Å². The molecule has 0 aliphatic heterocycles. The molecule has 0 heterocycles. The van der Waals surface area contributed by atoms with Crippen molar-refractivity contribution in [3.63, 3.8) is 0 Å². The highest BCUT2D eigenvalue weighted by Crippen LogP contribution is 2.60. The summed E-state index contributed by atoms with van der Waals surface area (Å²) in [7, 11) is 0. The summed E-state index contributed by atoms with van der Waals surface area (Å²) in [5, 5.41) is 39.8. The smallest absolute Gasteiger partial charge is 0.303 e. The first-order valence-electron chi connectivity index (χ1n) is 33.1. The van der Waals surface area contributed by atoms with E-state index in [1.165, 1.54) is 72.5 Å². The molecule has 0 amide bonds. The number of carbonyl (C=O) groups is 1. The van der Waals surface area contributed by atoms with E-state index in [0.29, 0.717) is 62.6 Å². The molecule has 10 aliphatic carbocycles. The van der Waals surface area contributed by atoms with Gasteiger partial charge in [-0.25, -0.2) is 0 Å². The first-order chi connectivity index (χ1) is 38.5. The van der Waals surface area contributed by atoms with Crippen LogP contribution in [0.3, 0.4) is 0 Å². The first-order valence-corrected chi connectivity index (χ1v) is 33.1. The quantitative estimate of drug-likeness (QED) is 0.154. The highest BCUT2D eigenvalue weighted by Gasteiger charge is 2.51. The van der Waals surface area contributed by atoms with Crippen molar-refractivity contribution in [3.8, 4) is 0 Å². The molecule has 0 aromatic heterocycles. The van der Waals surface area contributed by atoms with Crippen molar-refractivity contribution in [1.29, 1.82) is 0 Å². The Morgan fingerprint density at radius 2 is 0.566 bits per heavy atom. The predicted molar refractivity (Wildman–Crippen MR) is 350 cm³/mol. The Morgan fingerprint density at radius 1 is 0.373 bits per heavy atom. The van der Waals surface area contributed by atoms with Crippen molar-refractivity contribution in [2.45, 2.75) is 270 Å². The number of hydrogen-bond donors (Lipinski definition) is 4. The van der Waals surface area contributed by atoms with Gasteiger partial charge in [0.05, 0.1) is 24.4 Å². The highest BCUT2D eigenvalue weighted by molar-refractivity contribution is 5.66. The number of hydrogen-bond acceptors (Lipinski definition) is 6. The second kappa shape index (κ2) is 27.8. The Bertz CT molecular complexity index is 2250. The van der Waals surface area contributed by atoms with Crippen molar-refractivity contribution in [1.82, 2.24) is 0 Å². The number of esters is 1. The molecule has 466 valence electrons. The fourth-order valence-electron chi connectivity index (χ4n) is 17.0. The number of fused-ring (bicyclic) bond motifs is 5. The van der Waals surface area contributed by atoms with Crippen LogP contribution < -0.4 is 0 Å². The monoisotopic (exact) mass is 1140 g/mol. The Balaban J connectivity index is 0.000000167. The van der Waals surface area contributed by atoms with Gasteiger partial charge >= 0.3 is 5.97 Å². The summed E-state index contributed by atoms with van der Waals surface area (Å²) in [4.78, 5) is 11.2. The van der Waals surface area contributed by atoms with E-state index < -0.39 is 0 Å². The minimum Gasteiger partial charge on any atom is -0.458 e. The summed E-state index contributed by atoms with van der Waals surface area (Å²) in [6.07, 6.45) is 31.3. The van der Waals surface area contributed by atoms with Gasteiger partial charge in [-0.2, -0.15) is 0 Å². The van der Waals surface area contributed by atoms with Gasteiger partial charge in [-0.3, -0.25) is 4.79 Å². The largest absolute Gasteiger partial charge is 0.458 e. The van der Waals surface area contributed by atoms with Gasteiger partial charge in [-0.1, -0.05) is 160 Å². The molecular weight excluding hydrogens is 1020 g/mol. The number of aliphatic hydroxyl groups is 4. The van der Waals surface area contributed by atoms with Crippen LogP contribution in [0.25, 0.3) is 0 Å². The molecule has 6 nitrogen and oxygen atoms in total. The maximum Gasteiger partial charge on any atom is 0.303 e. The van der Waals surface area contributed by atoms with E-state index in [0.717, 1.165) is 142 Å². The van der Waals surface area contributed by atoms with Crippen LogP contribution in [-0.2, 0) is 9.53 Å². The summed E-state index contributed by atoms with van der Waals surface area (Å²) >= 11 is 0. The molecule has 6 heteroatoms. The third-order valence-electron chi connectivity index (χ3n) is 23.9. The van der Waals surface area contributed by atoms with Gasteiger partial charge < -0.3 is 25.2 Å². The second-order valence-corrected chi connectivity index (χ2v) is 32.1. The summed E-state index contributed by atoms with van der Waals surface area (Å²) in [6, 6.07) is 0. The second-order valence-electron chi connectivity index (χ2n) is 32.1. The summed E-state index contributed by atoms with van der Waals surface area (Å²) in [5.74, 6) is 6.91. The summed E-state index contributed by atoms with van der Waals surface area (Å²) in [5.41, 5.74) is 14.9. The molecule has 0 bridgehead atoms. The summed E-state index contributed by atoms with van der Waals surface area (Å²) in [6.45, 7) is 56.6. The first kappa shape index (κ1) is 68.8. The molecule has 5 fully saturated rings. The minimum atomic E-state index is -0.252. The Labute approximate surface area is 508 Å². The predicted octanol–water partition coefficient (Wildman–Crippen LogP) is 19.1. The van der Waals surface area contributed by atoms with E-state index >= 15 is 0 Å². The lowest BCUT2D eigenvalue weighted by molar-refractivity contribution is -0.144. The van der Waals surface area contributed by atoms with E-state index in [-0.39, 0.29) is 36.5 Å². The number of carbonyl (C=O) groups excluding carboxylic acids is 1. The minimum absolute atomic E-state index is 0.0603. The lowest BCUT2D eigenvalue weighted by atomic mass is 9.52. The van der Waals surface area contributed by atoms with Gasteiger partial charge in [0.15, 0.2) is 0 Å². The standard InChI is InChI=1S/C17H26O2.4C15H24O/c1-11-7-9-16(19-13(3)18)12(2)6-8-15-14(11)10-17(15,4)5;4*1-10-6-8-14(16)11(2)5-7-13-12(10)9-15(13,3)4/h6,14-16H,1,7-10H2,2-5H3;4*5,12-14,16H,1,6-9H2,2-4H3/b;2*11-5+;2*11-5-/t14-,15-,16-;12-,13-,14+;12-,13-,14-;12-,13-,14+;12-,13-,14-/m11111/s1. The number of rotatable bonds is 1. The third kappa shape index (κ3) is 16.9. The molecule has 0 saturated heterocycles. The van der Waals surface area contributed by atoms with Crippen LogP contribution in [0.5, 0.6) is 0 Å². The zero-order chi connectivity index (χ0) is 61.9. The van der Waals surface area contributed by atoms with E-state index in [1.807, 2.05) is 0 Å². The van der Waals surface area contributed by atoms with Crippen LogP contribution in [0.15, 0.2) is 119 Å². The van der Waals surface area contributed by atoms with Crippen LogP contribution in [0.4, 0.5) is 0 Å². The number of allylic oxidation sites excluding steroid dienone is 10. The van der Waals surface area contributed by atoms with Gasteiger partial charge in [0.2, 0.25) is 0 Å². The van der Waals surface area contributed by atoms with E-state index in [4.69, 9.17) is 4.74 Å². The Kier molecular flexibility index (Phi) is 23.1. The molecule has 10 rings (SSSR count). The lowest BCUT2D eigenvalue weighted by Gasteiger charge is -2.52. The number of ether oxygens (including phenoxy) is 1. The van der Waals surface area contributed by atoms with Crippen LogP contribution in [0.1, 0.15) is 239 Å². The van der Waals surface area contributed by atoms with E-state index in [9.17, 15) is 25.2 Å². The van der Waals surface area contributed by atoms with E-state index in [2.05, 4.69) is 167 Å². The Hall–Kier alpha value is -3.29. The van der Waals surface area contributed by atoms with Crippen LogP contribution >= 0.6 is 0 Å². The SMILES string of the molecule is C=C1CC[C@@H](O)/C(C)=C/C[C@@H]2[C@@H]1CC2(C)C.C=C1CC[C@@H](O)/C(C)=C\C[C@@H]2[C@@H]1CC2(C)C.C=C1CC[C@@H](OC(C)=O)C(C)=CC[C@@H]2[C@@H]1CC2(C)C.C=C1CC[C@H](O)/C(C)=C/C[C@@H]2[C@@H]1CC2(C)C.C=C1CC[C@H](O)/C(C)=C\C[C@@H]2[C@@H]1CC2(C)C. The molecule has 0 aromatic rings. The molecule has 0 spiro atoms. The van der Waals surface area contributed by atoms with Gasteiger partial charge in [-0.15, -0.1) is 0 Å².